The first-order valence-corrected chi connectivity index (χ1v) is 8.25. The average Bonchev–Trinajstić information content (AvgIpc) is 2.61. The van der Waals surface area contributed by atoms with E-state index in [1.54, 1.807) is 25.4 Å². The molecule has 0 spiro atoms. The van der Waals surface area contributed by atoms with Crippen LogP contribution in [0.5, 0.6) is 0 Å². The Labute approximate surface area is 147 Å². The van der Waals surface area contributed by atoms with Gasteiger partial charge in [0, 0.05) is 45.7 Å². The van der Waals surface area contributed by atoms with Gasteiger partial charge in [-0.05, 0) is 48.0 Å². The summed E-state index contributed by atoms with van der Waals surface area (Å²) in [5.74, 6) is -0.238. The van der Waals surface area contributed by atoms with Gasteiger partial charge in [0.25, 0.3) is 0 Å². The highest BCUT2D eigenvalue weighted by Crippen LogP contribution is 2.11. The molecule has 0 atom stereocenters. The Morgan fingerprint density at radius 1 is 1.21 bits per heavy atom. The van der Waals surface area contributed by atoms with E-state index in [2.05, 4.69) is 10.3 Å². The van der Waals surface area contributed by atoms with Crippen LogP contribution in [0.3, 0.4) is 0 Å². The molecule has 6 heteroatoms. The van der Waals surface area contributed by atoms with E-state index in [1.165, 1.54) is 12.1 Å². The van der Waals surface area contributed by atoms with Crippen LogP contribution in [0.25, 0.3) is 0 Å². The van der Waals surface area contributed by atoms with Crippen LogP contribution in [-0.4, -0.2) is 35.3 Å². The van der Waals surface area contributed by atoms with Crippen LogP contribution in [0.15, 0.2) is 48.8 Å². The van der Waals surface area contributed by atoms with E-state index in [1.807, 2.05) is 23.2 Å². The number of methoxy groups -OCH3 is 1. The number of hydrogen-bond donors (Lipinski definition) is 1. The molecule has 0 aliphatic carbocycles. The third-order valence-corrected chi connectivity index (χ3v) is 3.87. The van der Waals surface area contributed by atoms with Crippen molar-refractivity contribution in [3.8, 4) is 0 Å². The zero-order valence-electron chi connectivity index (χ0n) is 13.7. The molecular formula is C18H22FN3OS. The minimum Gasteiger partial charge on any atom is -0.385 e. The number of aromatic nitrogens is 1. The van der Waals surface area contributed by atoms with Gasteiger partial charge in [-0.3, -0.25) is 4.98 Å². The summed E-state index contributed by atoms with van der Waals surface area (Å²) in [6.07, 6.45) is 4.45. The maximum atomic E-state index is 13.1. The summed E-state index contributed by atoms with van der Waals surface area (Å²) in [4.78, 5) is 6.19. The first-order valence-electron chi connectivity index (χ1n) is 7.84. The number of rotatable bonds is 8. The van der Waals surface area contributed by atoms with Gasteiger partial charge in [-0.2, -0.15) is 0 Å². The van der Waals surface area contributed by atoms with Crippen molar-refractivity contribution < 1.29 is 9.13 Å². The smallest absolute Gasteiger partial charge is 0.169 e. The van der Waals surface area contributed by atoms with Gasteiger partial charge in [0.2, 0.25) is 0 Å². The molecule has 2 rings (SSSR count). The van der Waals surface area contributed by atoms with Gasteiger partial charge >= 0.3 is 0 Å². The molecule has 0 aliphatic rings. The number of nitrogens with zero attached hydrogens (tertiary/aromatic N) is 2. The molecule has 2 aromatic rings. The van der Waals surface area contributed by atoms with Crippen LogP contribution in [0.4, 0.5) is 4.39 Å². The lowest BCUT2D eigenvalue weighted by molar-refractivity contribution is 0.195. The molecule has 0 saturated heterocycles. The summed E-state index contributed by atoms with van der Waals surface area (Å²) >= 11 is 5.53. The molecule has 24 heavy (non-hydrogen) atoms. The van der Waals surface area contributed by atoms with Crippen molar-refractivity contribution in [2.45, 2.75) is 19.5 Å². The molecule has 1 N–H and O–H groups in total. The van der Waals surface area contributed by atoms with Crippen LogP contribution in [0, 0.1) is 5.82 Å². The third kappa shape index (κ3) is 6.22. The Balaban J connectivity index is 2.02. The number of pyridine rings is 1. The van der Waals surface area contributed by atoms with Gasteiger partial charge in [0.15, 0.2) is 5.11 Å². The van der Waals surface area contributed by atoms with E-state index in [4.69, 9.17) is 17.0 Å². The van der Waals surface area contributed by atoms with Crippen molar-refractivity contribution in [1.29, 1.82) is 0 Å². The maximum absolute atomic E-state index is 13.1. The fourth-order valence-corrected chi connectivity index (χ4v) is 2.48. The molecule has 1 aromatic heterocycles. The predicted molar refractivity (Wildman–Crippen MR) is 97.0 cm³/mol. The summed E-state index contributed by atoms with van der Waals surface area (Å²) < 4.78 is 18.1. The lowest BCUT2D eigenvalue weighted by atomic mass is 10.2. The van der Waals surface area contributed by atoms with Gasteiger partial charge in [-0.25, -0.2) is 4.39 Å². The van der Waals surface area contributed by atoms with Crippen molar-refractivity contribution in [3.63, 3.8) is 0 Å². The first kappa shape index (κ1) is 18.3. The van der Waals surface area contributed by atoms with Crippen molar-refractivity contribution in [3.05, 3.63) is 65.7 Å². The molecule has 1 heterocycles. The largest absolute Gasteiger partial charge is 0.385 e. The molecule has 0 amide bonds. The second-order valence-electron chi connectivity index (χ2n) is 5.42. The lowest BCUT2D eigenvalue weighted by Crippen LogP contribution is -2.39. The zero-order chi connectivity index (χ0) is 17.2. The Hall–Kier alpha value is -2.05. The molecule has 4 nitrogen and oxygen atoms in total. The SMILES string of the molecule is COCCCNC(=S)N(Cc1ccc(F)cc1)Cc1cccnc1. The quantitative estimate of drug-likeness (QED) is 0.587. The van der Waals surface area contributed by atoms with E-state index in [9.17, 15) is 4.39 Å². The van der Waals surface area contributed by atoms with Crippen molar-refractivity contribution >= 4 is 17.3 Å². The molecule has 128 valence electrons. The fourth-order valence-electron chi connectivity index (χ4n) is 2.25. The molecule has 1 aromatic carbocycles. The number of hydrogen-bond acceptors (Lipinski definition) is 3. The number of thiocarbonyl (C=S) groups is 1. The van der Waals surface area contributed by atoms with Gasteiger partial charge in [0.1, 0.15) is 5.82 Å². The normalized spacial score (nSPS) is 10.4. The van der Waals surface area contributed by atoms with Gasteiger partial charge in [0.05, 0.1) is 0 Å². The topological polar surface area (TPSA) is 37.4 Å². The van der Waals surface area contributed by atoms with Crippen LogP contribution >= 0.6 is 12.2 Å². The summed E-state index contributed by atoms with van der Waals surface area (Å²) in [6, 6.07) is 10.4. The molecule has 0 radical (unpaired) electrons. The summed E-state index contributed by atoms with van der Waals surface area (Å²) in [5.41, 5.74) is 2.07. The lowest BCUT2D eigenvalue weighted by Gasteiger charge is -2.26. The number of benzene rings is 1. The van der Waals surface area contributed by atoms with Gasteiger partial charge in [-0.15, -0.1) is 0 Å². The molecule has 0 aliphatic heterocycles. The Kier molecular flexibility index (Phi) is 7.58. The summed E-state index contributed by atoms with van der Waals surface area (Å²) in [6.45, 7) is 2.68. The molecule has 0 bridgehead atoms. The second-order valence-corrected chi connectivity index (χ2v) is 5.81. The first-order chi connectivity index (χ1) is 11.7. The van der Waals surface area contributed by atoms with Gasteiger partial charge < -0.3 is 15.0 Å². The van der Waals surface area contributed by atoms with E-state index < -0.39 is 0 Å². The van der Waals surface area contributed by atoms with Crippen molar-refractivity contribution in [2.75, 3.05) is 20.3 Å². The maximum Gasteiger partial charge on any atom is 0.169 e. The Morgan fingerprint density at radius 3 is 2.62 bits per heavy atom. The van der Waals surface area contributed by atoms with Crippen molar-refractivity contribution in [2.24, 2.45) is 0 Å². The van der Waals surface area contributed by atoms with Crippen LogP contribution in [0.1, 0.15) is 17.5 Å². The Bertz CT molecular complexity index is 622. The van der Waals surface area contributed by atoms with E-state index in [0.717, 1.165) is 24.1 Å². The standard InChI is InChI=1S/C18H22FN3OS/c1-23-11-3-10-21-18(24)22(14-16-4-2-9-20-12-16)13-15-5-7-17(19)8-6-15/h2,4-9,12H,3,10-11,13-14H2,1H3,(H,21,24). The zero-order valence-corrected chi connectivity index (χ0v) is 14.6. The summed E-state index contributed by atoms with van der Waals surface area (Å²) in [5, 5.41) is 3.92. The van der Waals surface area contributed by atoms with Crippen molar-refractivity contribution in [1.82, 2.24) is 15.2 Å². The fraction of sp³-hybridized carbons (Fsp3) is 0.333. The molecule has 0 saturated carbocycles. The number of nitrogens with one attached hydrogen (secondary N) is 1. The number of ether oxygens (including phenoxy) is 1. The molecule has 0 unspecified atom stereocenters. The molecule has 0 fully saturated rings. The Morgan fingerprint density at radius 2 is 1.96 bits per heavy atom. The predicted octanol–water partition coefficient (Wildman–Crippen LogP) is 3.13. The highest BCUT2D eigenvalue weighted by molar-refractivity contribution is 7.80. The monoisotopic (exact) mass is 347 g/mol. The van der Waals surface area contributed by atoms with Crippen LogP contribution in [-0.2, 0) is 17.8 Å². The van der Waals surface area contributed by atoms with Crippen LogP contribution in [0.2, 0.25) is 0 Å². The van der Waals surface area contributed by atoms with Gasteiger partial charge in [-0.1, -0.05) is 18.2 Å². The molecular weight excluding hydrogens is 325 g/mol. The number of halogens is 1. The highest BCUT2D eigenvalue weighted by Gasteiger charge is 2.11. The third-order valence-electron chi connectivity index (χ3n) is 3.47. The highest BCUT2D eigenvalue weighted by atomic mass is 32.1. The van der Waals surface area contributed by atoms with E-state index >= 15 is 0 Å². The van der Waals surface area contributed by atoms with E-state index in [-0.39, 0.29) is 5.82 Å². The second kappa shape index (κ2) is 9.95. The minimum atomic E-state index is -0.238. The van der Waals surface area contributed by atoms with Crippen LogP contribution < -0.4 is 5.32 Å². The van der Waals surface area contributed by atoms with E-state index in [0.29, 0.717) is 24.8 Å². The summed E-state index contributed by atoms with van der Waals surface area (Å²) in [7, 11) is 1.68. The average molecular weight is 347 g/mol. The minimum absolute atomic E-state index is 0.238.